The van der Waals surface area contributed by atoms with Crippen molar-refractivity contribution in [3.05, 3.63) is 35.6 Å². The Labute approximate surface area is 94.7 Å². The van der Waals surface area contributed by atoms with Gasteiger partial charge in [-0.15, -0.1) is 0 Å². The maximum atomic E-state index is 12.8. The normalized spacial score (nSPS) is 36.6. The van der Waals surface area contributed by atoms with Gasteiger partial charge in [-0.3, -0.25) is 0 Å². The highest BCUT2D eigenvalue weighted by atomic mass is 19.1. The van der Waals surface area contributed by atoms with Crippen LogP contribution in [0, 0.1) is 23.6 Å². The molecule has 3 aliphatic carbocycles. The molecule has 0 aromatic heterocycles. The fourth-order valence-corrected chi connectivity index (χ4v) is 3.35. The van der Waals surface area contributed by atoms with Crippen LogP contribution in [0.15, 0.2) is 24.3 Å². The van der Waals surface area contributed by atoms with Gasteiger partial charge in [-0.2, -0.15) is 0 Å². The predicted molar refractivity (Wildman–Crippen MR) is 59.5 cm³/mol. The van der Waals surface area contributed by atoms with Gasteiger partial charge in [0.25, 0.3) is 0 Å². The number of hydrogen-bond acceptors (Lipinski definition) is 1. The standard InChI is InChI=1S/C14H15FO/c15-13-3-1-9(2-4-13)14-7-12(8-16)10-5-11(14)6-10/h1-4,8,10-12,14H,5-7H2/t10-,11+,12-,14+/m1/s1. The number of fused-ring (bicyclic) bond motifs is 2. The summed E-state index contributed by atoms with van der Waals surface area (Å²) in [5, 5.41) is 0. The molecule has 0 heterocycles. The highest BCUT2D eigenvalue weighted by Crippen LogP contribution is 2.55. The number of rotatable bonds is 2. The van der Waals surface area contributed by atoms with Gasteiger partial charge in [0.2, 0.25) is 0 Å². The fourth-order valence-electron chi connectivity index (χ4n) is 3.35. The van der Waals surface area contributed by atoms with Crippen molar-refractivity contribution in [3.63, 3.8) is 0 Å². The van der Waals surface area contributed by atoms with E-state index < -0.39 is 0 Å². The average molecular weight is 218 g/mol. The molecule has 1 nitrogen and oxygen atoms in total. The lowest BCUT2D eigenvalue weighted by molar-refractivity contribution is -0.117. The Bertz CT molecular complexity index is 392. The number of hydrogen-bond donors (Lipinski definition) is 0. The van der Waals surface area contributed by atoms with Crippen LogP contribution in [0.5, 0.6) is 0 Å². The van der Waals surface area contributed by atoms with E-state index in [1.165, 1.54) is 30.5 Å². The molecule has 84 valence electrons. The van der Waals surface area contributed by atoms with Crippen molar-refractivity contribution in [2.75, 3.05) is 0 Å². The zero-order chi connectivity index (χ0) is 11.1. The molecular weight excluding hydrogens is 203 g/mol. The predicted octanol–water partition coefficient (Wildman–Crippen LogP) is 3.15. The first-order valence-electron chi connectivity index (χ1n) is 5.98. The van der Waals surface area contributed by atoms with Crippen molar-refractivity contribution in [1.82, 2.24) is 0 Å². The van der Waals surface area contributed by atoms with Gasteiger partial charge in [-0.05, 0) is 54.7 Å². The fraction of sp³-hybridized carbons (Fsp3) is 0.500. The molecular formula is C14H15FO. The van der Waals surface area contributed by atoms with Crippen LogP contribution < -0.4 is 0 Å². The third kappa shape index (κ3) is 1.48. The molecule has 3 aliphatic rings. The molecule has 0 unspecified atom stereocenters. The maximum Gasteiger partial charge on any atom is 0.123 e. The molecule has 0 radical (unpaired) electrons. The lowest BCUT2D eigenvalue weighted by Crippen LogP contribution is -2.41. The number of benzene rings is 1. The maximum absolute atomic E-state index is 12.8. The minimum absolute atomic E-state index is 0.182. The second-order valence-electron chi connectivity index (χ2n) is 5.19. The van der Waals surface area contributed by atoms with Crippen LogP contribution >= 0.6 is 0 Å². The van der Waals surface area contributed by atoms with Gasteiger partial charge in [0.1, 0.15) is 12.1 Å². The van der Waals surface area contributed by atoms with Crippen LogP contribution in [0.2, 0.25) is 0 Å². The van der Waals surface area contributed by atoms with Crippen molar-refractivity contribution >= 4 is 6.29 Å². The van der Waals surface area contributed by atoms with Crippen LogP contribution in [0.3, 0.4) is 0 Å². The average Bonchev–Trinajstić information content (AvgIpc) is 2.28. The minimum Gasteiger partial charge on any atom is -0.303 e. The summed E-state index contributed by atoms with van der Waals surface area (Å²) < 4.78 is 12.8. The third-order valence-electron chi connectivity index (χ3n) is 4.38. The van der Waals surface area contributed by atoms with Gasteiger partial charge in [0, 0.05) is 5.92 Å². The van der Waals surface area contributed by atoms with Crippen LogP contribution in [0.25, 0.3) is 0 Å². The summed E-state index contributed by atoms with van der Waals surface area (Å²) in [4.78, 5) is 11.0. The third-order valence-corrected chi connectivity index (χ3v) is 4.38. The molecule has 3 fully saturated rings. The summed E-state index contributed by atoms with van der Waals surface area (Å²) >= 11 is 0. The topological polar surface area (TPSA) is 17.1 Å². The first-order chi connectivity index (χ1) is 7.78. The van der Waals surface area contributed by atoms with Crippen LogP contribution in [-0.4, -0.2) is 6.29 Å². The lowest BCUT2D eigenvalue weighted by atomic mass is 9.54. The molecule has 16 heavy (non-hydrogen) atoms. The van der Waals surface area contributed by atoms with Gasteiger partial charge in [-0.1, -0.05) is 12.1 Å². The molecule has 2 atom stereocenters. The second-order valence-corrected chi connectivity index (χ2v) is 5.19. The van der Waals surface area contributed by atoms with Crippen LogP contribution in [-0.2, 0) is 4.79 Å². The molecule has 2 heteroatoms. The van der Waals surface area contributed by atoms with Gasteiger partial charge >= 0.3 is 0 Å². The first kappa shape index (κ1) is 10.0. The number of carbonyl (C=O) groups is 1. The Balaban J connectivity index is 1.84. The Morgan fingerprint density at radius 1 is 1.06 bits per heavy atom. The second kappa shape index (κ2) is 3.69. The minimum atomic E-state index is -0.182. The molecule has 1 aromatic rings. The lowest BCUT2D eigenvalue weighted by Gasteiger charge is -2.50. The highest BCUT2D eigenvalue weighted by molar-refractivity contribution is 5.55. The molecule has 0 amide bonds. The molecule has 4 rings (SSSR count). The monoisotopic (exact) mass is 218 g/mol. The molecule has 1 aromatic carbocycles. The molecule has 2 bridgehead atoms. The van der Waals surface area contributed by atoms with Crippen molar-refractivity contribution in [1.29, 1.82) is 0 Å². The zero-order valence-electron chi connectivity index (χ0n) is 9.10. The van der Waals surface area contributed by atoms with E-state index in [4.69, 9.17) is 0 Å². The van der Waals surface area contributed by atoms with E-state index in [0.717, 1.165) is 18.6 Å². The quantitative estimate of drug-likeness (QED) is 0.697. The summed E-state index contributed by atoms with van der Waals surface area (Å²) in [5.41, 5.74) is 1.21. The van der Waals surface area contributed by atoms with E-state index in [1.807, 2.05) is 12.1 Å². The summed E-state index contributed by atoms with van der Waals surface area (Å²) in [7, 11) is 0. The van der Waals surface area contributed by atoms with E-state index in [2.05, 4.69) is 0 Å². The van der Waals surface area contributed by atoms with E-state index in [-0.39, 0.29) is 11.7 Å². The Morgan fingerprint density at radius 3 is 2.38 bits per heavy atom. The van der Waals surface area contributed by atoms with Crippen LogP contribution in [0.1, 0.15) is 30.7 Å². The van der Waals surface area contributed by atoms with Crippen LogP contribution in [0.4, 0.5) is 4.39 Å². The highest BCUT2D eigenvalue weighted by Gasteiger charge is 2.46. The molecule has 0 aliphatic heterocycles. The van der Waals surface area contributed by atoms with Crippen molar-refractivity contribution in [2.24, 2.45) is 17.8 Å². The molecule has 0 N–H and O–H groups in total. The number of carbonyl (C=O) groups excluding carboxylic acids is 1. The van der Waals surface area contributed by atoms with E-state index in [9.17, 15) is 9.18 Å². The molecule has 0 saturated heterocycles. The smallest absolute Gasteiger partial charge is 0.123 e. The Hall–Kier alpha value is -1.18. The van der Waals surface area contributed by atoms with Gasteiger partial charge in [-0.25, -0.2) is 4.39 Å². The summed E-state index contributed by atoms with van der Waals surface area (Å²) in [5.74, 6) is 1.89. The number of halogens is 1. The summed E-state index contributed by atoms with van der Waals surface area (Å²) in [6.45, 7) is 0. The Kier molecular flexibility index (Phi) is 2.31. The van der Waals surface area contributed by atoms with Crippen molar-refractivity contribution in [3.8, 4) is 0 Å². The first-order valence-corrected chi connectivity index (χ1v) is 5.98. The van der Waals surface area contributed by atoms with Crippen molar-refractivity contribution < 1.29 is 9.18 Å². The molecule has 0 spiro atoms. The molecule has 3 saturated carbocycles. The van der Waals surface area contributed by atoms with E-state index >= 15 is 0 Å². The SMILES string of the molecule is O=C[C@H]1C[C@@H](c2ccc(F)cc2)[C@H]2C[C@@H]1C2. The number of aldehydes is 1. The van der Waals surface area contributed by atoms with E-state index in [0.29, 0.717) is 11.8 Å². The Morgan fingerprint density at radius 2 is 1.75 bits per heavy atom. The largest absolute Gasteiger partial charge is 0.303 e. The van der Waals surface area contributed by atoms with Gasteiger partial charge in [0.05, 0.1) is 0 Å². The van der Waals surface area contributed by atoms with Gasteiger partial charge in [0.15, 0.2) is 0 Å². The van der Waals surface area contributed by atoms with Gasteiger partial charge < -0.3 is 4.79 Å². The van der Waals surface area contributed by atoms with Crippen molar-refractivity contribution in [2.45, 2.75) is 25.2 Å². The summed E-state index contributed by atoms with van der Waals surface area (Å²) in [6.07, 6.45) is 4.46. The zero-order valence-corrected chi connectivity index (χ0v) is 9.10. The van der Waals surface area contributed by atoms with E-state index in [1.54, 1.807) is 0 Å². The summed E-state index contributed by atoms with van der Waals surface area (Å²) in [6, 6.07) is 6.80.